The molecule has 0 aliphatic rings. The van der Waals surface area contributed by atoms with Gasteiger partial charge in [-0.3, -0.25) is 0 Å². The van der Waals surface area contributed by atoms with E-state index in [1.54, 1.807) is 0 Å². The number of hydrogen-bond donors (Lipinski definition) is 0. The molecular weight excluding hydrogens is 599 g/mol. The standard InChI is InChI=1S/C46H29NS/c1-2-11-30(12-3-1)35-14-6-8-18-41(35)47(42-19-10-17-39-38(42)27-28-44-46(39)40-16-7-9-20-43(40)48-44)34-25-26-37-33(29-34)24-23-32-22-21-31-13-4-5-15-36(31)45(32)37/h1-29H. The molecule has 0 spiro atoms. The minimum Gasteiger partial charge on any atom is -0.309 e. The van der Waals surface area contributed by atoms with E-state index in [0.717, 1.165) is 11.4 Å². The van der Waals surface area contributed by atoms with Gasteiger partial charge in [0, 0.05) is 36.8 Å². The van der Waals surface area contributed by atoms with Gasteiger partial charge in [0.05, 0.1) is 11.4 Å². The predicted octanol–water partition coefficient (Wildman–Crippen LogP) is 13.8. The summed E-state index contributed by atoms with van der Waals surface area (Å²) in [6, 6.07) is 64.5. The van der Waals surface area contributed by atoms with Crippen molar-refractivity contribution >= 4 is 91.7 Å². The third kappa shape index (κ3) is 4.17. The van der Waals surface area contributed by atoms with E-state index in [1.807, 2.05) is 11.3 Å². The highest BCUT2D eigenvalue weighted by atomic mass is 32.1. The van der Waals surface area contributed by atoms with Crippen LogP contribution in [-0.2, 0) is 0 Å². The van der Waals surface area contributed by atoms with Crippen molar-refractivity contribution in [1.29, 1.82) is 0 Å². The number of fused-ring (bicyclic) bond motifs is 10. The molecule has 0 atom stereocenters. The van der Waals surface area contributed by atoms with Crippen molar-refractivity contribution in [2.75, 3.05) is 4.90 Å². The van der Waals surface area contributed by atoms with E-state index in [0.29, 0.717) is 0 Å². The Morgan fingerprint density at radius 1 is 0.354 bits per heavy atom. The maximum absolute atomic E-state index is 2.47. The molecule has 48 heavy (non-hydrogen) atoms. The smallest absolute Gasteiger partial charge is 0.0540 e. The van der Waals surface area contributed by atoms with Crippen LogP contribution in [0.25, 0.3) is 74.4 Å². The Morgan fingerprint density at radius 2 is 1.02 bits per heavy atom. The summed E-state index contributed by atoms with van der Waals surface area (Å²) in [4.78, 5) is 2.47. The van der Waals surface area contributed by atoms with Crippen LogP contribution in [0.3, 0.4) is 0 Å². The molecule has 0 radical (unpaired) electrons. The van der Waals surface area contributed by atoms with E-state index in [2.05, 4.69) is 181 Å². The van der Waals surface area contributed by atoms with E-state index >= 15 is 0 Å². The van der Waals surface area contributed by atoms with E-state index in [1.165, 1.54) is 80.1 Å². The molecule has 1 nitrogen and oxygen atoms in total. The van der Waals surface area contributed by atoms with Gasteiger partial charge in [0.2, 0.25) is 0 Å². The zero-order chi connectivity index (χ0) is 31.6. The van der Waals surface area contributed by atoms with Crippen molar-refractivity contribution in [1.82, 2.24) is 0 Å². The fourth-order valence-corrected chi connectivity index (χ4v) is 8.78. The van der Waals surface area contributed by atoms with E-state index in [4.69, 9.17) is 0 Å². The number of nitrogens with zero attached hydrogens (tertiary/aromatic N) is 1. The van der Waals surface area contributed by atoms with Crippen LogP contribution in [0.1, 0.15) is 0 Å². The van der Waals surface area contributed by atoms with Gasteiger partial charge >= 0.3 is 0 Å². The van der Waals surface area contributed by atoms with Crippen LogP contribution in [0.4, 0.5) is 17.1 Å². The number of para-hydroxylation sites is 1. The van der Waals surface area contributed by atoms with Gasteiger partial charge in [-0.05, 0) is 79.7 Å². The first-order chi connectivity index (χ1) is 23.8. The average molecular weight is 628 g/mol. The molecule has 0 unspecified atom stereocenters. The largest absolute Gasteiger partial charge is 0.309 e. The van der Waals surface area contributed by atoms with Crippen LogP contribution in [0, 0.1) is 0 Å². The SMILES string of the molecule is c1ccc(-c2ccccc2N(c2ccc3c(ccc4ccc5ccccc5c43)c2)c2cccc3c2ccc2sc4ccccc4c23)cc1. The van der Waals surface area contributed by atoms with Gasteiger partial charge in [0.15, 0.2) is 0 Å². The van der Waals surface area contributed by atoms with E-state index in [-0.39, 0.29) is 0 Å². The summed E-state index contributed by atoms with van der Waals surface area (Å²) in [6.45, 7) is 0. The van der Waals surface area contributed by atoms with Crippen LogP contribution >= 0.6 is 11.3 Å². The normalized spacial score (nSPS) is 11.8. The second kappa shape index (κ2) is 10.8. The summed E-state index contributed by atoms with van der Waals surface area (Å²) in [5.41, 5.74) is 5.84. The average Bonchev–Trinajstić information content (AvgIpc) is 3.55. The first-order valence-electron chi connectivity index (χ1n) is 16.4. The lowest BCUT2D eigenvalue weighted by Crippen LogP contribution is -2.11. The van der Waals surface area contributed by atoms with Gasteiger partial charge < -0.3 is 4.90 Å². The predicted molar refractivity (Wildman–Crippen MR) is 209 cm³/mol. The van der Waals surface area contributed by atoms with Gasteiger partial charge in [0.25, 0.3) is 0 Å². The van der Waals surface area contributed by atoms with Gasteiger partial charge in [-0.15, -0.1) is 11.3 Å². The minimum absolute atomic E-state index is 1.13. The number of benzene rings is 9. The molecule has 1 heterocycles. The third-order valence-electron chi connectivity index (χ3n) is 9.81. The van der Waals surface area contributed by atoms with Crippen molar-refractivity contribution in [3.05, 3.63) is 176 Å². The maximum atomic E-state index is 2.47. The van der Waals surface area contributed by atoms with E-state index < -0.39 is 0 Å². The van der Waals surface area contributed by atoms with Crippen LogP contribution in [0.5, 0.6) is 0 Å². The molecule has 2 heteroatoms. The summed E-state index contributed by atoms with van der Waals surface area (Å²) < 4.78 is 2.65. The Balaban J connectivity index is 1.28. The molecule has 0 saturated carbocycles. The summed E-state index contributed by atoms with van der Waals surface area (Å²) >= 11 is 1.87. The number of thiophene rings is 1. The Hall–Kier alpha value is -5.96. The van der Waals surface area contributed by atoms with Crippen molar-refractivity contribution in [3.8, 4) is 11.1 Å². The molecule has 0 aliphatic heterocycles. The Kier molecular flexibility index (Phi) is 6.12. The van der Waals surface area contributed by atoms with Crippen molar-refractivity contribution < 1.29 is 0 Å². The van der Waals surface area contributed by atoms with Crippen LogP contribution in [-0.4, -0.2) is 0 Å². The van der Waals surface area contributed by atoms with Gasteiger partial charge in [-0.25, -0.2) is 0 Å². The quantitative estimate of drug-likeness (QED) is 0.176. The number of rotatable bonds is 4. The molecule has 0 N–H and O–H groups in total. The summed E-state index contributed by atoms with van der Waals surface area (Å²) in [5.74, 6) is 0. The molecule has 0 saturated heterocycles. The van der Waals surface area contributed by atoms with Crippen LogP contribution in [0.2, 0.25) is 0 Å². The zero-order valence-corrected chi connectivity index (χ0v) is 26.9. The summed E-state index contributed by atoms with van der Waals surface area (Å²) in [6.07, 6.45) is 0. The molecule has 9 aromatic carbocycles. The molecule has 10 rings (SSSR count). The Labute approximate surface area is 282 Å². The highest BCUT2D eigenvalue weighted by Crippen LogP contribution is 2.47. The van der Waals surface area contributed by atoms with Crippen LogP contribution < -0.4 is 4.90 Å². The van der Waals surface area contributed by atoms with E-state index in [9.17, 15) is 0 Å². The Bertz CT molecular complexity index is 2850. The van der Waals surface area contributed by atoms with Crippen molar-refractivity contribution in [3.63, 3.8) is 0 Å². The molecule has 1 aromatic heterocycles. The lowest BCUT2D eigenvalue weighted by Gasteiger charge is -2.29. The molecular formula is C46H29NS. The minimum atomic E-state index is 1.13. The summed E-state index contributed by atoms with van der Waals surface area (Å²) in [5, 5.41) is 12.8. The molecule has 0 amide bonds. The maximum Gasteiger partial charge on any atom is 0.0540 e. The highest BCUT2D eigenvalue weighted by molar-refractivity contribution is 7.26. The van der Waals surface area contributed by atoms with Gasteiger partial charge in [-0.1, -0.05) is 140 Å². The Morgan fingerprint density at radius 3 is 1.94 bits per heavy atom. The topological polar surface area (TPSA) is 3.24 Å². The monoisotopic (exact) mass is 627 g/mol. The first-order valence-corrected chi connectivity index (χ1v) is 17.3. The van der Waals surface area contributed by atoms with Gasteiger partial charge in [0.1, 0.15) is 0 Å². The lowest BCUT2D eigenvalue weighted by atomic mass is 9.95. The number of anilines is 3. The molecule has 0 fully saturated rings. The lowest BCUT2D eigenvalue weighted by molar-refractivity contribution is 1.30. The molecule has 0 bridgehead atoms. The third-order valence-corrected chi connectivity index (χ3v) is 10.9. The summed E-state index contributed by atoms with van der Waals surface area (Å²) in [7, 11) is 0. The van der Waals surface area contributed by atoms with Gasteiger partial charge in [-0.2, -0.15) is 0 Å². The first kappa shape index (κ1) is 27.2. The van der Waals surface area contributed by atoms with Crippen LogP contribution in [0.15, 0.2) is 176 Å². The fourth-order valence-electron chi connectivity index (χ4n) is 7.66. The van der Waals surface area contributed by atoms with Crippen molar-refractivity contribution in [2.45, 2.75) is 0 Å². The molecule has 224 valence electrons. The molecule has 0 aliphatic carbocycles. The van der Waals surface area contributed by atoms with Crippen molar-refractivity contribution in [2.24, 2.45) is 0 Å². The fraction of sp³-hybridized carbons (Fsp3) is 0. The zero-order valence-electron chi connectivity index (χ0n) is 26.1. The second-order valence-electron chi connectivity index (χ2n) is 12.5. The molecule has 10 aromatic rings. The number of hydrogen-bond acceptors (Lipinski definition) is 2. The highest BCUT2D eigenvalue weighted by Gasteiger charge is 2.21. The second-order valence-corrected chi connectivity index (χ2v) is 13.6.